The second-order valence-corrected chi connectivity index (χ2v) is 10.3. The molecule has 2 aromatic rings. The van der Waals surface area contributed by atoms with Crippen molar-refractivity contribution >= 4 is 24.0 Å². The van der Waals surface area contributed by atoms with Gasteiger partial charge in [0, 0.05) is 11.7 Å². The largest absolute Gasteiger partial charge is 0.490 e. The van der Waals surface area contributed by atoms with Crippen LogP contribution in [0.1, 0.15) is 47.4 Å². The van der Waals surface area contributed by atoms with Gasteiger partial charge in [-0.15, -0.1) is 0 Å². The van der Waals surface area contributed by atoms with E-state index in [1.807, 2.05) is 42.1 Å². The summed E-state index contributed by atoms with van der Waals surface area (Å²) < 4.78 is 7.09. The number of hydrogen-bond acceptors (Lipinski definition) is 4. The topological polar surface area (TPSA) is 53.7 Å². The number of thioether (sulfide) groups is 1. The minimum absolute atomic E-state index is 0.0284. The molecule has 1 aromatic carbocycles. The molecule has 26 heavy (non-hydrogen) atoms. The Hall–Kier alpha value is -1.27. The lowest BCUT2D eigenvalue weighted by Gasteiger charge is -2.43. The van der Waals surface area contributed by atoms with E-state index in [1.54, 1.807) is 0 Å². The van der Waals surface area contributed by atoms with Gasteiger partial charge >= 0.3 is 0 Å². The third-order valence-corrected chi connectivity index (χ3v) is 5.69. The van der Waals surface area contributed by atoms with Crippen LogP contribution < -0.4 is 4.74 Å². The summed E-state index contributed by atoms with van der Waals surface area (Å²) in [5.74, 6) is 4.01. The van der Waals surface area contributed by atoms with Gasteiger partial charge in [-0.1, -0.05) is 59.7 Å². The van der Waals surface area contributed by atoms with E-state index in [-0.39, 0.29) is 16.9 Å². The molecule has 0 spiro atoms. The minimum atomic E-state index is 0.0284. The molecule has 6 heteroatoms. The van der Waals surface area contributed by atoms with Crippen LogP contribution in [0.2, 0.25) is 0 Å². The average Bonchev–Trinajstić information content (AvgIpc) is 2.94. The maximum Gasteiger partial charge on any atom is 0.192 e. The van der Waals surface area contributed by atoms with E-state index in [9.17, 15) is 0 Å². The van der Waals surface area contributed by atoms with E-state index in [2.05, 4.69) is 56.7 Å². The molecule has 0 aliphatic rings. The molecule has 2 unspecified atom stereocenters. The molecule has 2 atom stereocenters. The quantitative estimate of drug-likeness (QED) is 0.579. The van der Waals surface area contributed by atoms with Gasteiger partial charge in [-0.2, -0.15) is 16.9 Å². The zero-order chi connectivity index (χ0) is 19.4. The Bertz CT molecular complexity index is 726. The second-order valence-electron chi connectivity index (χ2n) is 8.83. The zero-order valence-corrected chi connectivity index (χ0v) is 18.3. The minimum Gasteiger partial charge on any atom is -0.490 e. The maximum atomic E-state index is 6.51. The Morgan fingerprint density at radius 1 is 1.08 bits per heavy atom. The predicted molar refractivity (Wildman–Crippen MR) is 113 cm³/mol. The first-order valence-electron chi connectivity index (χ1n) is 9.00. The summed E-state index contributed by atoms with van der Waals surface area (Å²) in [6.45, 7) is 13.7. The fraction of sp³-hybridized carbons (Fsp3) is 0.600. The van der Waals surface area contributed by atoms with Gasteiger partial charge in [0.1, 0.15) is 17.7 Å². The molecule has 4 nitrogen and oxygen atoms in total. The van der Waals surface area contributed by atoms with Gasteiger partial charge in [-0.25, -0.2) is 0 Å². The van der Waals surface area contributed by atoms with Crippen molar-refractivity contribution in [3.05, 3.63) is 40.9 Å². The van der Waals surface area contributed by atoms with Gasteiger partial charge in [0.15, 0.2) is 4.77 Å². The van der Waals surface area contributed by atoms with Crippen LogP contribution in [0.25, 0.3) is 0 Å². The highest BCUT2D eigenvalue weighted by atomic mass is 32.2. The maximum absolute atomic E-state index is 6.51. The summed E-state index contributed by atoms with van der Waals surface area (Å²) in [6.07, 6.45) is 0.107. The first kappa shape index (κ1) is 21.0. The van der Waals surface area contributed by atoms with Crippen molar-refractivity contribution in [3.63, 3.8) is 0 Å². The molecular weight excluding hydrogens is 362 g/mol. The van der Waals surface area contributed by atoms with Gasteiger partial charge in [-0.05, 0) is 35.2 Å². The van der Waals surface area contributed by atoms with Crippen LogP contribution in [-0.4, -0.2) is 27.0 Å². The number of aromatic nitrogens is 3. The molecular formula is C20H31N3OS2. The fourth-order valence-electron chi connectivity index (χ4n) is 2.96. The van der Waals surface area contributed by atoms with Crippen molar-refractivity contribution in [2.75, 3.05) is 5.75 Å². The third kappa shape index (κ3) is 6.16. The Morgan fingerprint density at radius 2 is 1.73 bits per heavy atom. The van der Waals surface area contributed by atoms with Crippen molar-refractivity contribution in [1.29, 1.82) is 0 Å². The number of nitrogens with one attached hydrogen (secondary N) is 2. The van der Waals surface area contributed by atoms with Gasteiger partial charge in [0.2, 0.25) is 0 Å². The Balaban J connectivity index is 2.15. The Morgan fingerprint density at radius 3 is 2.23 bits per heavy atom. The molecule has 2 N–H and O–H groups in total. The number of nitrogens with zero attached hydrogens (tertiary/aromatic N) is 1. The van der Waals surface area contributed by atoms with E-state index in [4.69, 9.17) is 17.0 Å². The normalized spacial score (nSPS) is 14.8. The van der Waals surface area contributed by atoms with E-state index in [0.717, 1.165) is 23.1 Å². The smallest absolute Gasteiger partial charge is 0.192 e. The van der Waals surface area contributed by atoms with Crippen molar-refractivity contribution in [3.8, 4) is 5.75 Å². The summed E-state index contributed by atoms with van der Waals surface area (Å²) in [4.78, 5) is 3.08. The summed E-state index contributed by atoms with van der Waals surface area (Å²) in [5, 5.41) is 6.99. The lowest BCUT2D eigenvalue weighted by Crippen LogP contribution is -2.46. The molecule has 2 rings (SSSR count). The van der Waals surface area contributed by atoms with E-state index >= 15 is 0 Å². The van der Waals surface area contributed by atoms with Gasteiger partial charge in [0.25, 0.3) is 0 Å². The fourth-order valence-corrected chi connectivity index (χ4v) is 4.50. The van der Waals surface area contributed by atoms with Crippen molar-refractivity contribution in [2.24, 2.45) is 16.7 Å². The molecule has 0 aliphatic carbocycles. The highest BCUT2D eigenvalue weighted by Crippen LogP contribution is 2.41. The molecule has 1 aromatic heterocycles. The molecule has 0 saturated carbocycles. The summed E-state index contributed by atoms with van der Waals surface area (Å²) in [7, 11) is 0. The van der Waals surface area contributed by atoms with Crippen LogP contribution >= 0.6 is 24.0 Å². The van der Waals surface area contributed by atoms with Gasteiger partial charge in [0.05, 0.1) is 5.75 Å². The monoisotopic (exact) mass is 393 g/mol. The summed E-state index contributed by atoms with van der Waals surface area (Å²) in [6, 6.07) is 10.1. The van der Waals surface area contributed by atoms with E-state index < -0.39 is 0 Å². The van der Waals surface area contributed by atoms with Crippen LogP contribution in [0.4, 0.5) is 0 Å². The standard InChI is InChI=1S/C20H31N3OS2/c1-19(2,3)15(12-26-13-16-21-18(25)23-22-16)17(20(4,5)6)24-14-10-8-7-9-11-14/h7-11,15,17H,12-13H2,1-6H3,(H2,21,22,23,25). The lowest BCUT2D eigenvalue weighted by atomic mass is 9.70. The lowest BCUT2D eigenvalue weighted by molar-refractivity contribution is -0.000619. The molecule has 0 bridgehead atoms. The van der Waals surface area contributed by atoms with E-state index in [0.29, 0.717) is 10.7 Å². The Kier molecular flexibility index (Phi) is 6.97. The molecule has 0 amide bonds. The second kappa shape index (κ2) is 8.61. The van der Waals surface area contributed by atoms with Crippen LogP contribution in [0, 0.1) is 21.5 Å². The predicted octanol–water partition coefficient (Wildman–Crippen LogP) is 5.86. The van der Waals surface area contributed by atoms with Gasteiger partial charge in [-0.3, -0.25) is 5.10 Å². The SMILES string of the molecule is CC(C)(C)C(CSCc1n[nH]c(=S)[nH]1)C(Oc1ccccc1)C(C)(C)C. The number of rotatable bonds is 7. The molecule has 0 aliphatic heterocycles. The van der Waals surface area contributed by atoms with Crippen LogP contribution in [0.3, 0.4) is 0 Å². The zero-order valence-electron chi connectivity index (χ0n) is 16.6. The molecule has 0 saturated heterocycles. The highest BCUT2D eigenvalue weighted by Gasteiger charge is 2.40. The first-order valence-corrected chi connectivity index (χ1v) is 10.6. The molecule has 144 valence electrons. The number of benzene rings is 1. The summed E-state index contributed by atoms with van der Waals surface area (Å²) >= 11 is 6.92. The number of H-pyrrole nitrogens is 2. The number of para-hydroxylation sites is 1. The van der Waals surface area contributed by atoms with Crippen molar-refractivity contribution < 1.29 is 4.74 Å². The van der Waals surface area contributed by atoms with Crippen molar-refractivity contribution in [1.82, 2.24) is 15.2 Å². The molecule has 0 fully saturated rings. The van der Waals surface area contributed by atoms with Crippen molar-refractivity contribution in [2.45, 2.75) is 53.4 Å². The summed E-state index contributed by atoms with van der Waals surface area (Å²) in [5.41, 5.74) is 0.152. The Labute approximate surface area is 166 Å². The number of aromatic amines is 2. The number of hydrogen-bond donors (Lipinski definition) is 2. The first-order chi connectivity index (χ1) is 12.1. The molecule has 1 heterocycles. The highest BCUT2D eigenvalue weighted by molar-refractivity contribution is 7.98. The van der Waals surface area contributed by atoms with Gasteiger partial charge < -0.3 is 9.72 Å². The van der Waals surface area contributed by atoms with Crippen LogP contribution in [0.5, 0.6) is 5.75 Å². The van der Waals surface area contributed by atoms with Crippen LogP contribution in [-0.2, 0) is 5.75 Å². The number of ether oxygens (including phenoxy) is 1. The van der Waals surface area contributed by atoms with Crippen LogP contribution in [0.15, 0.2) is 30.3 Å². The van der Waals surface area contributed by atoms with E-state index in [1.165, 1.54) is 0 Å². The third-order valence-electron chi connectivity index (χ3n) is 4.42. The average molecular weight is 394 g/mol. The molecule has 0 radical (unpaired) electrons.